The van der Waals surface area contributed by atoms with Crippen LogP contribution in [0, 0.1) is 27.7 Å². The number of thiophene rings is 1. The van der Waals surface area contributed by atoms with Crippen molar-refractivity contribution in [2.24, 2.45) is 0 Å². The Labute approximate surface area is 168 Å². The number of rotatable bonds is 5. The first-order valence-corrected chi connectivity index (χ1v) is 10.1. The van der Waals surface area contributed by atoms with Gasteiger partial charge in [0.05, 0.1) is 26.8 Å². The molecule has 0 bridgehead atoms. The van der Waals surface area contributed by atoms with E-state index in [4.69, 9.17) is 10.1 Å². The summed E-state index contributed by atoms with van der Waals surface area (Å²) >= 11 is 1.72. The molecule has 142 valence electrons. The van der Waals surface area contributed by atoms with Crippen molar-refractivity contribution in [1.29, 1.82) is 0 Å². The first-order valence-electron chi connectivity index (χ1n) is 9.32. The van der Waals surface area contributed by atoms with Gasteiger partial charge in [0.2, 0.25) is 0 Å². The van der Waals surface area contributed by atoms with E-state index in [1.807, 2.05) is 49.6 Å². The molecular weight excluding hydrogens is 368 g/mol. The molecule has 0 aliphatic carbocycles. The number of pyridine rings is 1. The van der Waals surface area contributed by atoms with Crippen molar-refractivity contribution < 1.29 is 4.79 Å². The summed E-state index contributed by atoms with van der Waals surface area (Å²) in [4.78, 5) is 22.6. The van der Waals surface area contributed by atoms with Crippen LogP contribution >= 0.6 is 11.3 Å². The minimum Gasteiger partial charge on any atom is -0.303 e. The average Bonchev–Trinajstić information content (AvgIpc) is 3.19. The van der Waals surface area contributed by atoms with Gasteiger partial charge in [0, 0.05) is 12.1 Å². The molecule has 0 fully saturated rings. The Balaban J connectivity index is 1.89. The van der Waals surface area contributed by atoms with Gasteiger partial charge in [0.1, 0.15) is 12.0 Å². The molecule has 0 spiro atoms. The summed E-state index contributed by atoms with van der Waals surface area (Å²) in [5.41, 5.74) is 7.96. The van der Waals surface area contributed by atoms with Crippen LogP contribution in [0.3, 0.4) is 0 Å². The predicted molar refractivity (Wildman–Crippen MR) is 113 cm³/mol. The molecule has 0 unspecified atom stereocenters. The van der Waals surface area contributed by atoms with E-state index in [-0.39, 0.29) is 0 Å². The summed E-state index contributed by atoms with van der Waals surface area (Å²) in [6, 6.07) is 10.3. The molecule has 0 aliphatic rings. The zero-order chi connectivity index (χ0) is 19.8. The lowest BCUT2D eigenvalue weighted by Crippen LogP contribution is -2.01. The van der Waals surface area contributed by atoms with Crippen LogP contribution in [0.4, 0.5) is 0 Å². The normalized spacial score (nSPS) is 11.3. The quantitative estimate of drug-likeness (QED) is 0.456. The van der Waals surface area contributed by atoms with E-state index < -0.39 is 0 Å². The maximum absolute atomic E-state index is 10.9. The van der Waals surface area contributed by atoms with E-state index >= 15 is 0 Å². The summed E-state index contributed by atoms with van der Waals surface area (Å²) in [6.45, 7) is 8.12. The van der Waals surface area contributed by atoms with Crippen LogP contribution in [0.1, 0.15) is 34.6 Å². The van der Waals surface area contributed by atoms with Crippen molar-refractivity contribution in [3.05, 3.63) is 58.5 Å². The van der Waals surface area contributed by atoms with Gasteiger partial charge in [-0.25, -0.2) is 9.50 Å². The van der Waals surface area contributed by atoms with E-state index in [1.165, 1.54) is 5.56 Å². The van der Waals surface area contributed by atoms with Crippen LogP contribution in [0.15, 0.2) is 30.3 Å². The second-order valence-electron chi connectivity index (χ2n) is 7.08. The first-order chi connectivity index (χ1) is 13.5. The van der Waals surface area contributed by atoms with Gasteiger partial charge in [-0.3, -0.25) is 4.98 Å². The molecule has 4 aromatic rings. The molecular formula is C22H22N4OS. The van der Waals surface area contributed by atoms with Crippen LogP contribution in [0.2, 0.25) is 0 Å². The van der Waals surface area contributed by atoms with Gasteiger partial charge in [0.15, 0.2) is 5.65 Å². The largest absolute Gasteiger partial charge is 0.303 e. The fraction of sp³-hybridized carbons (Fsp3) is 0.273. The number of nitrogens with zero attached hydrogens (tertiary/aromatic N) is 4. The van der Waals surface area contributed by atoms with Gasteiger partial charge in [-0.05, 0) is 69.5 Å². The molecule has 0 amide bonds. The fourth-order valence-corrected chi connectivity index (χ4v) is 4.73. The van der Waals surface area contributed by atoms with Crippen molar-refractivity contribution in [2.45, 2.75) is 40.5 Å². The maximum atomic E-state index is 10.9. The third-order valence-electron chi connectivity index (χ3n) is 4.76. The Morgan fingerprint density at radius 2 is 1.89 bits per heavy atom. The zero-order valence-corrected chi connectivity index (χ0v) is 17.3. The number of imidazole rings is 1. The zero-order valence-electron chi connectivity index (χ0n) is 16.5. The first kappa shape index (κ1) is 18.5. The van der Waals surface area contributed by atoms with Crippen molar-refractivity contribution in [3.8, 4) is 21.1 Å². The molecule has 0 saturated heterocycles. The highest BCUT2D eigenvalue weighted by Gasteiger charge is 2.20. The molecule has 0 N–H and O–H groups in total. The standard InChI is InChI=1S/C22H22N4OS/c1-13-11-19(18-9-5-7-14(2)23-18)28-21(13)20-16(4)24-22-17(8-6-10-27)12-15(3)25-26(20)22/h5,7,9-12H,6,8H2,1-4H3. The number of hydrogen-bond donors (Lipinski definition) is 0. The topological polar surface area (TPSA) is 60.2 Å². The lowest BCUT2D eigenvalue weighted by molar-refractivity contribution is -0.107. The molecule has 0 atom stereocenters. The third-order valence-corrected chi connectivity index (χ3v) is 6.03. The van der Waals surface area contributed by atoms with Crippen molar-refractivity contribution >= 4 is 23.3 Å². The lowest BCUT2D eigenvalue weighted by Gasteiger charge is -2.06. The Kier molecular flexibility index (Phi) is 4.81. The number of carbonyl (C=O) groups is 1. The molecule has 0 aliphatic heterocycles. The molecule has 28 heavy (non-hydrogen) atoms. The number of aromatic nitrogens is 4. The van der Waals surface area contributed by atoms with E-state index in [9.17, 15) is 4.79 Å². The van der Waals surface area contributed by atoms with Gasteiger partial charge in [0.25, 0.3) is 0 Å². The van der Waals surface area contributed by atoms with Crippen molar-refractivity contribution in [3.63, 3.8) is 0 Å². The third kappa shape index (κ3) is 3.24. The van der Waals surface area contributed by atoms with Crippen molar-refractivity contribution in [1.82, 2.24) is 19.6 Å². The average molecular weight is 391 g/mol. The van der Waals surface area contributed by atoms with Gasteiger partial charge in [-0.1, -0.05) is 6.07 Å². The molecule has 0 saturated carbocycles. The smallest absolute Gasteiger partial charge is 0.157 e. The van der Waals surface area contributed by atoms with Crippen LogP contribution < -0.4 is 0 Å². The molecule has 0 radical (unpaired) electrons. The highest BCUT2D eigenvalue weighted by atomic mass is 32.1. The molecule has 4 heterocycles. The van der Waals surface area contributed by atoms with Crippen LogP contribution in [-0.2, 0) is 11.2 Å². The van der Waals surface area contributed by atoms with Crippen LogP contribution in [0.25, 0.3) is 26.8 Å². The Morgan fingerprint density at radius 1 is 1.07 bits per heavy atom. The Morgan fingerprint density at radius 3 is 2.64 bits per heavy atom. The van der Waals surface area contributed by atoms with Gasteiger partial charge in [-0.15, -0.1) is 11.3 Å². The second-order valence-corrected chi connectivity index (χ2v) is 8.14. The molecule has 6 heteroatoms. The minimum atomic E-state index is 0.488. The number of aldehydes is 1. The van der Waals surface area contributed by atoms with Crippen LogP contribution in [-0.4, -0.2) is 25.9 Å². The number of fused-ring (bicyclic) bond motifs is 1. The number of hydrogen-bond acceptors (Lipinski definition) is 5. The fourth-order valence-electron chi connectivity index (χ4n) is 3.51. The number of carbonyl (C=O) groups excluding carboxylic acids is 1. The Hall–Kier alpha value is -2.86. The molecule has 4 aromatic heterocycles. The van der Waals surface area contributed by atoms with Gasteiger partial charge in [-0.2, -0.15) is 5.10 Å². The van der Waals surface area contributed by atoms with E-state index in [1.54, 1.807) is 11.3 Å². The number of aryl methyl sites for hydroxylation is 5. The highest BCUT2D eigenvalue weighted by Crippen LogP contribution is 2.39. The summed E-state index contributed by atoms with van der Waals surface area (Å²) in [5, 5.41) is 4.74. The monoisotopic (exact) mass is 390 g/mol. The minimum absolute atomic E-state index is 0.488. The lowest BCUT2D eigenvalue weighted by atomic mass is 10.1. The van der Waals surface area contributed by atoms with Crippen molar-refractivity contribution in [2.75, 3.05) is 0 Å². The summed E-state index contributed by atoms with van der Waals surface area (Å²) in [7, 11) is 0. The summed E-state index contributed by atoms with van der Waals surface area (Å²) in [5.74, 6) is 0. The van der Waals surface area contributed by atoms with E-state index in [0.717, 1.165) is 55.7 Å². The highest BCUT2D eigenvalue weighted by molar-refractivity contribution is 7.19. The molecule has 0 aromatic carbocycles. The van der Waals surface area contributed by atoms with Gasteiger partial charge < -0.3 is 4.79 Å². The second kappa shape index (κ2) is 7.28. The maximum Gasteiger partial charge on any atom is 0.157 e. The molecule has 5 nitrogen and oxygen atoms in total. The van der Waals surface area contributed by atoms with E-state index in [0.29, 0.717) is 12.8 Å². The Bertz CT molecular complexity index is 1190. The van der Waals surface area contributed by atoms with Gasteiger partial charge >= 0.3 is 0 Å². The molecule has 4 rings (SSSR count). The summed E-state index contributed by atoms with van der Waals surface area (Å²) in [6.07, 6.45) is 2.11. The van der Waals surface area contributed by atoms with E-state index in [2.05, 4.69) is 18.0 Å². The SMILES string of the molecule is Cc1cccc(-c2cc(C)c(-c3c(C)nc4c(CCC=O)cc(C)nn34)s2)n1. The van der Waals surface area contributed by atoms with Crippen LogP contribution in [0.5, 0.6) is 0 Å². The summed E-state index contributed by atoms with van der Waals surface area (Å²) < 4.78 is 1.94. The predicted octanol–water partition coefficient (Wildman–Crippen LogP) is 4.88.